The van der Waals surface area contributed by atoms with E-state index in [1.54, 1.807) is 24.3 Å². The number of ketones is 1. The number of aliphatic hydroxyl groups excluding tert-OH is 2. The van der Waals surface area contributed by atoms with Crippen molar-refractivity contribution in [3.05, 3.63) is 35.4 Å². The highest BCUT2D eigenvalue weighted by Crippen LogP contribution is 2.15. The van der Waals surface area contributed by atoms with Gasteiger partial charge in [-0.05, 0) is 25.3 Å². The summed E-state index contributed by atoms with van der Waals surface area (Å²) < 4.78 is 0. The minimum Gasteiger partial charge on any atom is -0.481 e. The molecule has 1 aromatic rings. The van der Waals surface area contributed by atoms with Gasteiger partial charge in [0, 0.05) is 19.4 Å². The summed E-state index contributed by atoms with van der Waals surface area (Å²) in [5, 5.41) is 39.2. The molecule has 1 aliphatic heterocycles. The number of rotatable bonds is 10. The first-order chi connectivity index (χ1) is 20.3. The number of hydrogen-bond acceptors (Lipinski definition) is 9. The van der Waals surface area contributed by atoms with Crippen LogP contribution in [0.1, 0.15) is 36.8 Å². The first kappa shape index (κ1) is 34.6. The van der Waals surface area contributed by atoms with Crippen molar-refractivity contribution >= 4 is 41.3 Å². The van der Waals surface area contributed by atoms with Gasteiger partial charge in [-0.2, -0.15) is 0 Å². The van der Waals surface area contributed by atoms with Crippen molar-refractivity contribution in [2.45, 2.75) is 56.7 Å². The fourth-order valence-electron chi connectivity index (χ4n) is 4.30. The van der Waals surface area contributed by atoms with Crippen molar-refractivity contribution in [1.29, 1.82) is 0 Å². The van der Waals surface area contributed by atoms with Crippen LogP contribution in [0.4, 0.5) is 0 Å². The van der Waals surface area contributed by atoms with Crippen molar-refractivity contribution in [2.24, 2.45) is 22.4 Å². The molecule has 1 saturated heterocycles. The van der Waals surface area contributed by atoms with Crippen molar-refractivity contribution in [3.63, 3.8) is 0 Å². The quantitative estimate of drug-likeness (QED) is 0.0719. The van der Waals surface area contributed by atoms with Crippen molar-refractivity contribution < 1.29 is 44.1 Å². The Hall–Kier alpha value is -4.57. The van der Waals surface area contributed by atoms with Crippen LogP contribution in [-0.4, -0.2) is 101 Å². The van der Waals surface area contributed by atoms with E-state index < -0.39 is 91.5 Å². The minimum atomic E-state index is -2.33. The van der Waals surface area contributed by atoms with Crippen LogP contribution in [0.5, 0.6) is 0 Å². The molecule has 43 heavy (non-hydrogen) atoms. The lowest BCUT2D eigenvalue weighted by molar-refractivity contribution is -0.143. The zero-order chi connectivity index (χ0) is 32.2. The zero-order valence-electron chi connectivity index (χ0n) is 23.8. The van der Waals surface area contributed by atoms with Crippen LogP contribution in [-0.2, 0) is 35.2 Å². The smallest absolute Gasteiger partial charge is 0.304 e. The number of nitrogens with two attached hydrogens (primary N) is 2. The number of carbonyl (C=O) groups is 6. The highest BCUT2D eigenvalue weighted by atomic mass is 16.4. The first-order valence-electron chi connectivity index (χ1n) is 13.6. The zero-order valence-corrected chi connectivity index (χ0v) is 23.8. The Bertz CT molecular complexity index is 1210. The van der Waals surface area contributed by atoms with E-state index in [-0.39, 0.29) is 31.8 Å². The Morgan fingerprint density at radius 2 is 1.63 bits per heavy atom. The number of amides is 4. The number of carboxylic acid groups (broad SMARTS) is 1. The molecule has 1 aromatic carbocycles. The predicted molar refractivity (Wildman–Crippen MR) is 152 cm³/mol. The van der Waals surface area contributed by atoms with E-state index in [0.29, 0.717) is 5.56 Å². The van der Waals surface area contributed by atoms with Gasteiger partial charge in [0.05, 0.1) is 32.1 Å². The summed E-state index contributed by atoms with van der Waals surface area (Å²) in [5.74, 6) is -7.48. The van der Waals surface area contributed by atoms with Gasteiger partial charge in [0.2, 0.25) is 17.7 Å². The molecule has 16 heteroatoms. The minimum absolute atomic E-state index is 0.0405. The lowest BCUT2D eigenvalue weighted by Crippen LogP contribution is -2.68. The number of nitrogens with zero attached hydrogens (tertiary/aromatic N) is 1. The maximum atomic E-state index is 13.5. The number of nitrogens with one attached hydrogen (secondary N) is 4. The van der Waals surface area contributed by atoms with Crippen LogP contribution >= 0.6 is 0 Å². The Labute approximate surface area is 247 Å². The molecule has 4 amide bonds. The molecule has 0 aliphatic carbocycles. The number of aliphatic hydroxyl groups is 2. The van der Waals surface area contributed by atoms with E-state index in [1.165, 1.54) is 0 Å². The van der Waals surface area contributed by atoms with Gasteiger partial charge in [0.15, 0.2) is 17.3 Å². The average molecular weight is 606 g/mol. The Morgan fingerprint density at radius 1 is 0.977 bits per heavy atom. The summed E-state index contributed by atoms with van der Waals surface area (Å²) in [7, 11) is 0. The number of aliphatic carboxylic acids is 1. The largest absolute Gasteiger partial charge is 0.481 e. The highest BCUT2D eigenvalue weighted by Gasteiger charge is 2.43. The number of benzene rings is 1. The maximum Gasteiger partial charge on any atom is 0.304 e. The maximum absolute atomic E-state index is 13.5. The van der Waals surface area contributed by atoms with E-state index in [4.69, 9.17) is 11.5 Å². The second kappa shape index (κ2) is 16.2. The third-order valence-electron chi connectivity index (χ3n) is 6.82. The molecule has 0 aromatic heterocycles. The third-order valence-corrected chi connectivity index (χ3v) is 6.82. The average Bonchev–Trinajstić information content (AvgIpc) is 2.95. The van der Waals surface area contributed by atoms with Gasteiger partial charge in [0.25, 0.3) is 5.91 Å². The Balaban J connectivity index is 2.51. The molecule has 0 radical (unpaired) electrons. The normalized spacial score (nSPS) is 21.7. The van der Waals surface area contributed by atoms with Crippen LogP contribution in [0.3, 0.4) is 0 Å². The molecule has 1 aliphatic rings. The molecular formula is C27H39N7O9. The molecule has 1 heterocycles. The van der Waals surface area contributed by atoms with Crippen LogP contribution < -0.4 is 32.7 Å². The van der Waals surface area contributed by atoms with Crippen molar-refractivity contribution in [1.82, 2.24) is 21.3 Å². The number of aliphatic imine (C=N–C) groups is 1. The van der Waals surface area contributed by atoms with Gasteiger partial charge < -0.3 is 48.1 Å². The van der Waals surface area contributed by atoms with Crippen molar-refractivity contribution in [3.8, 4) is 0 Å². The fraction of sp³-hybridized carbons (Fsp3) is 0.519. The highest BCUT2D eigenvalue weighted by molar-refractivity contribution is 5.99. The number of aryl methyl sites for hydroxylation is 1. The lowest BCUT2D eigenvalue weighted by Gasteiger charge is -2.33. The summed E-state index contributed by atoms with van der Waals surface area (Å²) in [5.41, 5.74) is 9.81. The summed E-state index contributed by atoms with van der Waals surface area (Å²) in [6.45, 7) is -0.825. The van der Waals surface area contributed by atoms with E-state index in [0.717, 1.165) is 5.56 Å². The topological polar surface area (TPSA) is 276 Å². The van der Waals surface area contributed by atoms with Crippen LogP contribution in [0.2, 0.25) is 0 Å². The van der Waals surface area contributed by atoms with Crippen LogP contribution in [0, 0.1) is 12.8 Å². The van der Waals surface area contributed by atoms with E-state index in [1.807, 2.05) is 6.92 Å². The SMILES string of the molecule is Cc1ccc(C[C@H]2NC(=O)[C@H](CC(=O)O)CC(=O)CNC(=O)[C@H](CCCN=C(N)N)NC(=O)C(CO)(CO)NC2=O)cc1. The molecule has 0 bridgehead atoms. The van der Waals surface area contributed by atoms with Gasteiger partial charge in [-0.1, -0.05) is 29.8 Å². The molecule has 236 valence electrons. The Morgan fingerprint density at radius 3 is 2.21 bits per heavy atom. The number of hydrogen-bond donors (Lipinski definition) is 9. The molecule has 2 rings (SSSR count). The van der Waals surface area contributed by atoms with Crippen molar-refractivity contribution in [2.75, 3.05) is 26.3 Å². The molecule has 11 N–H and O–H groups in total. The van der Waals surface area contributed by atoms with Crippen LogP contribution in [0.25, 0.3) is 0 Å². The summed E-state index contributed by atoms with van der Waals surface area (Å²) in [4.78, 5) is 81.1. The molecule has 0 spiro atoms. The second-order valence-electron chi connectivity index (χ2n) is 10.4. The fourth-order valence-corrected chi connectivity index (χ4v) is 4.30. The van der Waals surface area contributed by atoms with Gasteiger partial charge in [-0.15, -0.1) is 0 Å². The lowest BCUT2D eigenvalue weighted by atomic mass is 9.95. The number of guanidine groups is 1. The monoisotopic (exact) mass is 605 g/mol. The van der Waals surface area contributed by atoms with Crippen LogP contribution in [0.15, 0.2) is 29.3 Å². The number of carbonyl (C=O) groups excluding carboxylic acids is 5. The third kappa shape index (κ3) is 10.6. The summed E-state index contributed by atoms with van der Waals surface area (Å²) in [6, 6.07) is 4.21. The number of carboxylic acids is 1. The van der Waals surface area contributed by atoms with E-state index >= 15 is 0 Å². The van der Waals surface area contributed by atoms with Gasteiger partial charge in [-0.3, -0.25) is 33.8 Å². The second-order valence-corrected chi connectivity index (χ2v) is 10.4. The molecule has 3 atom stereocenters. The van der Waals surface area contributed by atoms with E-state index in [9.17, 15) is 44.1 Å². The number of Topliss-reactive ketones (excluding diaryl/α,β-unsaturated/α-hetero) is 1. The van der Waals surface area contributed by atoms with Gasteiger partial charge in [0.1, 0.15) is 12.1 Å². The molecule has 16 nitrogen and oxygen atoms in total. The standard InChI is InChI=1S/C27H39N7O9/c1-15-4-6-16(7-5-15)9-20-24(42)34-27(13-35,14-36)25(43)33-19(3-2-8-30-26(28)29)23(41)31-12-18(37)10-17(11-21(38)39)22(40)32-20/h4-7,17,19-20,35-36H,2-3,8-14H2,1H3,(H,31,41)(H,32,40)(H,33,43)(H,34,42)(H,38,39)(H4,28,29,30)/t17-,19-,20+/m0/s1. The van der Waals surface area contributed by atoms with E-state index in [2.05, 4.69) is 26.3 Å². The predicted octanol–water partition coefficient (Wildman–Crippen LogP) is -3.42. The van der Waals surface area contributed by atoms with Gasteiger partial charge in [-0.25, -0.2) is 0 Å². The Kier molecular flexibility index (Phi) is 13.0. The van der Waals surface area contributed by atoms with Gasteiger partial charge >= 0.3 is 5.97 Å². The molecule has 1 fully saturated rings. The molecule has 0 unspecified atom stereocenters. The molecular weight excluding hydrogens is 566 g/mol. The molecule has 0 saturated carbocycles. The summed E-state index contributed by atoms with van der Waals surface area (Å²) >= 11 is 0. The summed E-state index contributed by atoms with van der Waals surface area (Å²) in [6.07, 6.45) is -1.26. The first-order valence-corrected chi connectivity index (χ1v) is 13.6.